The van der Waals surface area contributed by atoms with Crippen LogP contribution in [0.3, 0.4) is 0 Å². The first kappa shape index (κ1) is 22.4. The minimum absolute atomic E-state index is 0. The molecule has 6 heteroatoms. The van der Waals surface area contributed by atoms with Gasteiger partial charge in [-0.1, -0.05) is 44.2 Å². The number of aliphatic imine (C=N–C) groups is 1. The fourth-order valence-corrected chi connectivity index (χ4v) is 4.39. The maximum Gasteiger partial charge on any atom is 0.191 e. The van der Waals surface area contributed by atoms with Crippen LogP contribution >= 0.6 is 24.0 Å². The summed E-state index contributed by atoms with van der Waals surface area (Å²) in [5.74, 6) is 1.51. The van der Waals surface area contributed by atoms with Crippen molar-refractivity contribution in [3.05, 3.63) is 35.9 Å². The van der Waals surface area contributed by atoms with Crippen LogP contribution in [0.2, 0.25) is 0 Å². The molecule has 1 saturated carbocycles. The Bertz CT molecular complexity index is 622. The van der Waals surface area contributed by atoms with E-state index in [1.807, 2.05) is 7.05 Å². The molecule has 2 aliphatic rings. The first-order valence-corrected chi connectivity index (χ1v) is 9.76. The van der Waals surface area contributed by atoms with E-state index in [1.54, 1.807) is 0 Å². The van der Waals surface area contributed by atoms with Gasteiger partial charge in [-0.05, 0) is 26.0 Å². The van der Waals surface area contributed by atoms with Gasteiger partial charge in [0.15, 0.2) is 5.96 Å². The van der Waals surface area contributed by atoms with Crippen LogP contribution < -0.4 is 10.6 Å². The van der Waals surface area contributed by atoms with Crippen LogP contribution in [0.5, 0.6) is 0 Å². The monoisotopic (exact) mass is 486 g/mol. The molecule has 1 aliphatic heterocycles. The molecule has 0 amide bonds. The number of likely N-dealkylation sites (N-methyl/N-ethyl adjacent to an activating group) is 1. The number of ether oxygens (including phenoxy) is 1. The van der Waals surface area contributed by atoms with Crippen molar-refractivity contribution >= 4 is 29.9 Å². The predicted molar refractivity (Wildman–Crippen MR) is 123 cm³/mol. The van der Waals surface area contributed by atoms with E-state index in [4.69, 9.17) is 4.74 Å². The SMILES string of the molecule is CN=C(NCC(C)N(C)Cc1ccccc1)NC1C2CCOC2C1(C)C.I. The zero-order valence-electron chi connectivity index (χ0n) is 17.2. The van der Waals surface area contributed by atoms with Crippen LogP contribution in [-0.2, 0) is 11.3 Å². The molecule has 1 aromatic carbocycles. The van der Waals surface area contributed by atoms with Crippen LogP contribution in [0, 0.1) is 11.3 Å². The molecule has 152 valence electrons. The third kappa shape index (κ3) is 4.95. The van der Waals surface area contributed by atoms with Crippen LogP contribution in [0.1, 0.15) is 32.8 Å². The van der Waals surface area contributed by atoms with Gasteiger partial charge in [0.1, 0.15) is 0 Å². The quantitative estimate of drug-likeness (QED) is 0.369. The summed E-state index contributed by atoms with van der Waals surface area (Å²) >= 11 is 0. The highest BCUT2D eigenvalue weighted by molar-refractivity contribution is 14.0. The second kappa shape index (κ2) is 9.56. The number of guanidine groups is 1. The van der Waals surface area contributed by atoms with Crippen molar-refractivity contribution in [2.24, 2.45) is 16.3 Å². The topological polar surface area (TPSA) is 48.9 Å². The molecule has 1 aromatic rings. The van der Waals surface area contributed by atoms with Crippen LogP contribution in [-0.4, -0.2) is 56.3 Å². The first-order chi connectivity index (χ1) is 12.4. The van der Waals surface area contributed by atoms with E-state index in [9.17, 15) is 0 Å². The maximum absolute atomic E-state index is 5.89. The molecule has 0 radical (unpaired) electrons. The lowest BCUT2D eigenvalue weighted by Crippen LogP contribution is -2.68. The summed E-state index contributed by atoms with van der Waals surface area (Å²) in [5.41, 5.74) is 1.50. The largest absolute Gasteiger partial charge is 0.377 e. The zero-order valence-corrected chi connectivity index (χ0v) is 19.6. The molecule has 4 unspecified atom stereocenters. The third-order valence-electron chi connectivity index (χ3n) is 6.21. The van der Waals surface area contributed by atoms with Gasteiger partial charge in [-0.2, -0.15) is 0 Å². The van der Waals surface area contributed by atoms with Gasteiger partial charge in [0.2, 0.25) is 0 Å². The second-order valence-corrected chi connectivity index (χ2v) is 8.39. The molecule has 1 aliphatic carbocycles. The van der Waals surface area contributed by atoms with Crippen molar-refractivity contribution in [2.45, 2.75) is 51.9 Å². The summed E-state index contributed by atoms with van der Waals surface area (Å²) < 4.78 is 5.89. The van der Waals surface area contributed by atoms with E-state index in [1.165, 1.54) is 5.56 Å². The standard InChI is InChI=1S/C21H34N4O.HI/c1-15(25(5)14-16-9-7-6-8-10-16)13-23-20(22-4)24-18-17-11-12-26-19(17)21(18,2)3;/h6-10,15,17-19H,11-14H2,1-5H3,(H2,22,23,24);1H. The van der Waals surface area contributed by atoms with Gasteiger partial charge in [0.05, 0.1) is 6.10 Å². The molecule has 1 heterocycles. The van der Waals surface area contributed by atoms with Gasteiger partial charge in [0, 0.05) is 50.2 Å². The number of hydrogen-bond acceptors (Lipinski definition) is 3. The summed E-state index contributed by atoms with van der Waals surface area (Å²) in [6.07, 6.45) is 1.55. The van der Waals surface area contributed by atoms with Gasteiger partial charge in [-0.3, -0.25) is 9.89 Å². The number of fused-ring (bicyclic) bond motifs is 1. The van der Waals surface area contributed by atoms with Crippen molar-refractivity contribution in [1.29, 1.82) is 0 Å². The summed E-state index contributed by atoms with van der Waals surface area (Å²) in [4.78, 5) is 6.80. The Labute approximate surface area is 181 Å². The lowest BCUT2D eigenvalue weighted by Gasteiger charge is -2.55. The zero-order chi connectivity index (χ0) is 18.7. The van der Waals surface area contributed by atoms with Gasteiger partial charge in [0.25, 0.3) is 0 Å². The van der Waals surface area contributed by atoms with Crippen molar-refractivity contribution in [3.8, 4) is 0 Å². The second-order valence-electron chi connectivity index (χ2n) is 8.39. The van der Waals surface area contributed by atoms with E-state index < -0.39 is 0 Å². The predicted octanol–water partition coefficient (Wildman–Crippen LogP) is 3.10. The van der Waals surface area contributed by atoms with Crippen molar-refractivity contribution in [3.63, 3.8) is 0 Å². The molecule has 27 heavy (non-hydrogen) atoms. The highest BCUT2D eigenvalue weighted by Gasteiger charge is 2.59. The molecule has 0 bridgehead atoms. The number of rotatable bonds is 6. The number of benzene rings is 1. The Morgan fingerprint density at radius 1 is 1.33 bits per heavy atom. The number of nitrogens with zero attached hydrogens (tertiary/aromatic N) is 2. The summed E-state index contributed by atoms with van der Waals surface area (Å²) in [5, 5.41) is 7.16. The fourth-order valence-electron chi connectivity index (χ4n) is 4.39. The average Bonchev–Trinajstić information content (AvgIpc) is 3.09. The molecule has 5 nitrogen and oxygen atoms in total. The average molecular weight is 486 g/mol. The Morgan fingerprint density at radius 2 is 2.04 bits per heavy atom. The van der Waals surface area contributed by atoms with E-state index in [0.29, 0.717) is 24.1 Å². The molecule has 4 atom stereocenters. The normalized spacial score (nSPS) is 27.3. The smallest absolute Gasteiger partial charge is 0.191 e. The van der Waals surface area contributed by atoms with Crippen LogP contribution in [0.4, 0.5) is 0 Å². The summed E-state index contributed by atoms with van der Waals surface area (Å²) in [6.45, 7) is 9.54. The molecule has 1 saturated heterocycles. The van der Waals surface area contributed by atoms with Gasteiger partial charge in [-0.25, -0.2) is 0 Å². The lowest BCUT2D eigenvalue weighted by atomic mass is 9.57. The molecule has 0 spiro atoms. The number of nitrogens with one attached hydrogen (secondary N) is 2. The third-order valence-corrected chi connectivity index (χ3v) is 6.21. The maximum atomic E-state index is 5.89. The van der Waals surface area contributed by atoms with Crippen molar-refractivity contribution in [2.75, 3.05) is 27.2 Å². The molecular formula is C21H35IN4O. The minimum Gasteiger partial charge on any atom is -0.377 e. The molecular weight excluding hydrogens is 451 g/mol. The highest BCUT2D eigenvalue weighted by atomic mass is 127. The van der Waals surface area contributed by atoms with Crippen molar-refractivity contribution < 1.29 is 4.74 Å². The Hall–Kier alpha value is -0.860. The number of halogens is 1. The number of hydrogen-bond donors (Lipinski definition) is 2. The molecule has 2 fully saturated rings. The van der Waals surface area contributed by atoms with Gasteiger partial charge < -0.3 is 15.4 Å². The lowest BCUT2D eigenvalue weighted by molar-refractivity contribution is -0.106. The Balaban J connectivity index is 0.00000261. The van der Waals surface area contributed by atoms with Gasteiger partial charge in [-0.15, -0.1) is 24.0 Å². The van der Waals surface area contributed by atoms with Crippen LogP contribution in [0.25, 0.3) is 0 Å². The van der Waals surface area contributed by atoms with E-state index in [0.717, 1.165) is 32.1 Å². The highest BCUT2D eigenvalue weighted by Crippen LogP contribution is 2.52. The fraction of sp³-hybridized carbons (Fsp3) is 0.667. The van der Waals surface area contributed by atoms with Crippen molar-refractivity contribution in [1.82, 2.24) is 15.5 Å². The Morgan fingerprint density at radius 3 is 2.70 bits per heavy atom. The first-order valence-electron chi connectivity index (χ1n) is 9.76. The molecule has 0 aromatic heterocycles. The van der Waals surface area contributed by atoms with Crippen LogP contribution in [0.15, 0.2) is 35.3 Å². The Kier molecular flexibility index (Phi) is 7.94. The van der Waals surface area contributed by atoms with Gasteiger partial charge >= 0.3 is 0 Å². The minimum atomic E-state index is 0. The van der Waals surface area contributed by atoms with E-state index >= 15 is 0 Å². The molecule has 3 rings (SSSR count). The van der Waals surface area contributed by atoms with E-state index in [-0.39, 0.29) is 29.4 Å². The summed E-state index contributed by atoms with van der Waals surface area (Å²) in [6, 6.07) is 11.4. The molecule has 2 N–H and O–H groups in total. The van der Waals surface area contributed by atoms with E-state index in [2.05, 4.69) is 78.7 Å². The summed E-state index contributed by atoms with van der Waals surface area (Å²) in [7, 11) is 4.02.